The summed E-state index contributed by atoms with van der Waals surface area (Å²) in [7, 11) is 0. The van der Waals surface area contributed by atoms with Gasteiger partial charge in [0.2, 0.25) is 0 Å². The molecular weight excluding hydrogens is 252 g/mol. The lowest BCUT2D eigenvalue weighted by molar-refractivity contribution is -0.133. The molecule has 2 rings (SSSR count). The lowest BCUT2D eigenvalue weighted by atomic mass is 9.72. The topological polar surface area (TPSA) is 96.4 Å². The molecule has 0 aliphatic heterocycles. The van der Waals surface area contributed by atoms with E-state index in [2.05, 4.69) is 11.6 Å². The highest BCUT2D eigenvalue weighted by atomic mass is 32.1. The molecule has 3 unspecified atom stereocenters. The van der Waals surface area contributed by atoms with Crippen molar-refractivity contribution >= 4 is 22.4 Å². The van der Waals surface area contributed by atoms with E-state index in [1.54, 1.807) is 5.38 Å². The van der Waals surface area contributed by atoms with E-state index < -0.39 is 12.1 Å². The van der Waals surface area contributed by atoms with Crippen LogP contribution in [0.4, 0.5) is 5.13 Å². The van der Waals surface area contributed by atoms with Gasteiger partial charge in [0.25, 0.3) is 0 Å². The van der Waals surface area contributed by atoms with Crippen LogP contribution in [0.5, 0.6) is 0 Å². The molecule has 3 atom stereocenters. The molecule has 0 saturated heterocycles. The van der Waals surface area contributed by atoms with Gasteiger partial charge in [-0.3, -0.25) is 0 Å². The first-order chi connectivity index (χ1) is 8.50. The lowest BCUT2D eigenvalue weighted by Gasteiger charge is -2.34. The van der Waals surface area contributed by atoms with Crippen LogP contribution in [-0.4, -0.2) is 27.3 Å². The second kappa shape index (κ2) is 5.07. The third-order valence-electron chi connectivity index (χ3n) is 3.47. The standard InChI is InChI=1S/C12H16N2O3S/c1-6(11(16)17)7-3-2-4-9(15)10(7)8-5-18-12(13)14-8/h5,7,9-10,15H,1-4H2,(H2,13,14)(H,16,17). The van der Waals surface area contributed by atoms with Crippen molar-refractivity contribution in [2.24, 2.45) is 5.92 Å². The van der Waals surface area contributed by atoms with Crippen molar-refractivity contribution < 1.29 is 15.0 Å². The lowest BCUT2D eigenvalue weighted by Crippen LogP contribution is -2.33. The molecule has 1 fully saturated rings. The minimum absolute atomic E-state index is 0.144. The molecular formula is C12H16N2O3S. The van der Waals surface area contributed by atoms with Gasteiger partial charge in [-0.25, -0.2) is 9.78 Å². The number of aromatic nitrogens is 1. The van der Waals surface area contributed by atoms with Gasteiger partial charge in [-0.2, -0.15) is 0 Å². The fourth-order valence-corrected chi connectivity index (χ4v) is 3.19. The van der Waals surface area contributed by atoms with Crippen molar-refractivity contribution in [1.29, 1.82) is 0 Å². The number of carbonyl (C=O) groups is 1. The van der Waals surface area contributed by atoms with Gasteiger partial charge >= 0.3 is 5.97 Å². The first-order valence-corrected chi connectivity index (χ1v) is 6.69. The predicted molar refractivity (Wildman–Crippen MR) is 69.4 cm³/mol. The summed E-state index contributed by atoms with van der Waals surface area (Å²) in [6, 6.07) is 0. The van der Waals surface area contributed by atoms with Crippen LogP contribution in [-0.2, 0) is 4.79 Å². The molecule has 0 aromatic carbocycles. The van der Waals surface area contributed by atoms with Gasteiger partial charge in [0, 0.05) is 22.8 Å². The van der Waals surface area contributed by atoms with Gasteiger partial charge < -0.3 is 15.9 Å². The van der Waals surface area contributed by atoms with E-state index in [0.29, 0.717) is 23.7 Å². The number of aliphatic carboxylic acids is 1. The number of nitrogens with two attached hydrogens (primary N) is 1. The van der Waals surface area contributed by atoms with E-state index in [-0.39, 0.29) is 17.4 Å². The molecule has 4 N–H and O–H groups in total. The highest BCUT2D eigenvalue weighted by Crippen LogP contribution is 2.41. The summed E-state index contributed by atoms with van der Waals surface area (Å²) in [6.07, 6.45) is 1.59. The number of aliphatic hydroxyl groups is 1. The van der Waals surface area contributed by atoms with Crippen LogP contribution in [0.3, 0.4) is 0 Å². The summed E-state index contributed by atoms with van der Waals surface area (Å²) in [5, 5.41) is 21.4. The Bertz CT molecular complexity index is 472. The van der Waals surface area contributed by atoms with Gasteiger partial charge in [0.15, 0.2) is 5.13 Å². The van der Waals surface area contributed by atoms with Gasteiger partial charge in [-0.1, -0.05) is 13.0 Å². The minimum atomic E-state index is -1.01. The molecule has 18 heavy (non-hydrogen) atoms. The maximum absolute atomic E-state index is 11.1. The second-order valence-electron chi connectivity index (χ2n) is 4.57. The molecule has 1 aliphatic carbocycles. The van der Waals surface area contributed by atoms with E-state index in [4.69, 9.17) is 10.8 Å². The van der Waals surface area contributed by atoms with Crippen LogP contribution in [0.2, 0.25) is 0 Å². The Balaban J connectivity index is 2.31. The summed E-state index contributed by atoms with van der Waals surface area (Å²) < 4.78 is 0. The maximum Gasteiger partial charge on any atom is 0.331 e. The summed E-state index contributed by atoms with van der Waals surface area (Å²) in [5.74, 6) is -1.59. The largest absolute Gasteiger partial charge is 0.478 e. The fourth-order valence-electron chi connectivity index (χ4n) is 2.58. The number of nitrogen functional groups attached to an aromatic ring is 1. The number of carboxylic acids is 1. The third-order valence-corrected chi connectivity index (χ3v) is 4.16. The summed E-state index contributed by atoms with van der Waals surface area (Å²) >= 11 is 1.30. The second-order valence-corrected chi connectivity index (χ2v) is 5.46. The van der Waals surface area contributed by atoms with E-state index in [9.17, 15) is 9.90 Å². The average molecular weight is 268 g/mol. The quantitative estimate of drug-likeness (QED) is 0.724. The van der Waals surface area contributed by atoms with E-state index in [1.165, 1.54) is 11.3 Å². The molecule has 1 aromatic rings. The van der Waals surface area contributed by atoms with Crippen LogP contribution in [0, 0.1) is 5.92 Å². The number of hydrogen-bond donors (Lipinski definition) is 3. The predicted octanol–water partition coefficient (Wildman–Crippen LogP) is 1.61. The molecule has 98 valence electrons. The molecule has 1 aliphatic rings. The van der Waals surface area contributed by atoms with E-state index in [1.807, 2.05) is 0 Å². The van der Waals surface area contributed by atoms with Crippen molar-refractivity contribution in [2.75, 3.05) is 5.73 Å². The average Bonchev–Trinajstić information content (AvgIpc) is 2.74. The summed E-state index contributed by atoms with van der Waals surface area (Å²) in [5.41, 5.74) is 6.42. The Morgan fingerprint density at radius 1 is 1.56 bits per heavy atom. The zero-order valence-corrected chi connectivity index (χ0v) is 10.7. The zero-order chi connectivity index (χ0) is 13.3. The molecule has 1 heterocycles. The van der Waals surface area contributed by atoms with Crippen molar-refractivity contribution in [3.63, 3.8) is 0 Å². The van der Waals surface area contributed by atoms with Gasteiger partial charge in [-0.05, 0) is 12.8 Å². The Morgan fingerprint density at radius 3 is 2.83 bits per heavy atom. The van der Waals surface area contributed by atoms with Gasteiger partial charge in [0.05, 0.1) is 11.8 Å². The van der Waals surface area contributed by atoms with Crippen LogP contribution in [0.15, 0.2) is 17.5 Å². The Kier molecular flexibility index (Phi) is 3.68. The smallest absolute Gasteiger partial charge is 0.331 e. The van der Waals surface area contributed by atoms with Crippen molar-refractivity contribution in [3.8, 4) is 0 Å². The molecule has 0 spiro atoms. The third kappa shape index (κ3) is 2.39. The Morgan fingerprint density at radius 2 is 2.28 bits per heavy atom. The van der Waals surface area contributed by atoms with Crippen LogP contribution in [0.25, 0.3) is 0 Å². The minimum Gasteiger partial charge on any atom is -0.478 e. The highest BCUT2D eigenvalue weighted by molar-refractivity contribution is 7.13. The summed E-state index contributed by atoms with van der Waals surface area (Å²) in [4.78, 5) is 15.2. The van der Waals surface area contributed by atoms with Gasteiger partial charge in [0.1, 0.15) is 0 Å². The monoisotopic (exact) mass is 268 g/mol. The van der Waals surface area contributed by atoms with Crippen molar-refractivity contribution in [3.05, 3.63) is 23.2 Å². The molecule has 0 amide bonds. The van der Waals surface area contributed by atoms with Crippen LogP contribution in [0.1, 0.15) is 30.9 Å². The van der Waals surface area contributed by atoms with E-state index >= 15 is 0 Å². The Labute approximate surface area is 109 Å². The molecule has 0 radical (unpaired) electrons. The van der Waals surface area contributed by atoms with Crippen LogP contribution >= 0.6 is 11.3 Å². The van der Waals surface area contributed by atoms with Crippen LogP contribution < -0.4 is 5.73 Å². The molecule has 6 heteroatoms. The molecule has 1 saturated carbocycles. The number of nitrogens with zero attached hydrogens (tertiary/aromatic N) is 1. The number of carboxylic acid groups (broad SMARTS) is 1. The SMILES string of the molecule is C=C(C(=O)O)C1CCCC(O)C1c1csc(N)n1. The highest BCUT2D eigenvalue weighted by Gasteiger charge is 2.38. The first-order valence-electron chi connectivity index (χ1n) is 5.81. The number of anilines is 1. The Hall–Kier alpha value is -1.40. The van der Waals surface area contributed by atoms with Crippen molar-refractivity contribution in [1.82, 2.24) is 4.98 Å². The van der Waals surface area contributed by atoms with Crippen molar-refractivity contribution in [2.45, 2.75) is 31.3 Å². The fraction of sp³-hybridized carbons (Fsp3) is 0.500. The zero-order valence-electron chi connectivity index (χ0n) is 9.87. The van der Waals surface area contributed by atoms with Gasteiger partial charge in [-0.15, -0.1) is 11.3 Å². The number of aliphatic hydroxyl groups excluding tert-OH is 1. The molecule has 1 aromatic heterocycles. The molecule has 0 bridgehead atoms. The summed E-state index contributed by atoms with van der Waals surface area (Å²) in [6.45, 7) is 3.63. The molecule has 5 nitrogen and oxygen atoms in total. The number of thiazole rings is 1. The van der Waals surface area contributed by atoms with E-state index in [0.717, 1.165) is 6.42 Å². The number of rotatable bonds is 3. The number of hydrogen-bond acceptors (Lipinski definition) is 5. The normalized spacial score (nSPS) is 27.9. The maximum atomic E-state index is 11.1. The first kappa shape index (κ1) is 13.0.